The second-order valence-corrected chi connectivity index (χ2v) is 5.02. The quantitative estimate of drug-likeness (QED) is 0.277. The summed E-state index contributed by atoms with van der Waals surface area (Å²) in [5.41, 5.74) is 4.82. The molecule has 98 valence electrons. The third kappa shape index (κ3) is 3.53. The van der Waals surface area contributed by atoms with E-state index >= 15 is 0 Å². The molecule has 0 saturated heterocycles. The van der Waals surface area contributed by atoms with Gasteiger partial charge >= 0.3 is 0 Å². The lowest BCUT2D eigenvalue weighted by Gasteiger charge is -2.12. The van der Waals surface area contributed by atoms with E-state index in [1.807, 2.05) is 19.3 Å². The number of hydrogen-bond acceptors (Lipinski definition) is 3. The van der Waals surface area contributed by atoms with E-state index in [4.69, 9.17) is 10.8 Å². The lowest BCUT2D eigenvalue weighted by molar-refractivity contribution is 0.583. The van der Waals surface area contributed by atoms with Crippen molar-refractivity contribution in [2.24, 2.45) is 10.8 Å². The van der Waals surface area contributed by atoms with Gasteiger partial charge in [-0.3, -0.25) is 9.98 Å². The summed E-state index contributed by atoms with van der Waals surface area (Å²) < 4.78 is 0. The molecule has 0 bridgehead atoms. The Hall–Kier alpha value is -1.42. The molecule has 1 aliphatic carbocycles. The molecule has 2 rings (SSSR count). The van der Waals surface area contributed by atoms with Crippen molar-refractivity contribution in [2.45, 2.75) is 51.5 Å². The van der Waals surface area contributed by atoms with Gasteiger partial charge in [-0.05, 0) is 31.4 Å². The highest BCUT2D eigenvalue weighted by Gasteiger charge is 2.12. The van der Waals surface area contributed by atoms with Gasteiger partial charge in [-0.25, -0.2) is 5.84 Å². The van der Waals surface area contributed by atoms with Crippen LogP contribution < -0.4 is 11.3 Å². The number of aromatic nitrogens is 1. The van der Waals surface area contributed by atoms with Crippen molar-refractivity contribution >= 4 is 5.84 Å². The minimum absolute atomic E-state index is 0.402. The number of nitrogens with one attached hydrogen (secondary N) is 1. The first-order chi connectivity index (χ1) is 8.79. The number of nitrogens with zero attached hydrogens (tertiary/aromatic N) is 2. The first-order valence-corrected chi connectivity index (χ1v) is 6.76. The largest absolute Gasteiger partial charge is 0.308 e. The Morgan fingerprint density at radius 2 is 2.00 bits per heavy atom. The zero-order valence-electron chi connectivity index (χ0n) is 11.0. The molecule has 0 amide bonds. The maximum atomic E-state index is 5.60. The molecule has 3 N–H and O–H groups in total. The van der Waals surface area contributed by atoms with Crippen LogP contribution in [0, 0.1) is 6.92 Å². The fourth-order valence-electron chi connectivity index (χ4n) is 2.45. The summed E-state index contributed by atoms with van der Waals surface area (Å²) in [4.78, 5) is 8.95. The summed E-state index contributed by atoms with van der Waals surface area (Å²) in [6.07, 6.45) is 11.2. The van der Waals surface area contributed by atoms with Crippen LogP contribution in [0.1, 0.15) is 49.7 Å². The Labute approximate surface area is 109 Å². The van der Waals surface area contributed by atoms with E-state index in [0.717, 1.165) is 17.0 Å². The predicted molar refractivity (Wildman–Crippen MR) is 74.3 cm³/mol. The normalized spacial score (nSPS) is 18.4. The molecule has 1 aliphatic rings. The Morgan fingerprint density at radius 1 is 1.28 bits per heavy atom. The molecule has 1 aromatic heterocycles. The van der Waals surface area contributed by atoms with Gasteiger partial charge in [0.25, 0.3) is 0 Å². The van der Waals surface area contributed by atoms with Crippen LogP contribution in [0.4, 0.5) is 0 Å². The summed E-state index contributed by atoms with van der Waals surface area (Å²) in [6.45, 7) is 2.02. The zero-order valence-corrected chi connectivity index (χ0v) is 11.0. The van der Waals surface area contributed by atoms with Crippen LogP contribution in [0.5, 0.6) is 0 Å². The molecule has 0 aliphatic heterocycles. The number of rotatable bonds is 2. The van der Waals surface area contributed by atoms with Crippen LogP contribution in [0.25, 0.3) is 0 Å². The van der Waals surface area contributed by atoms with Crippen molar-refractivity contribution in [3.63, 3.8) is 0 Å². The molecule has 4 heteroatoms. The van der Waals surface area contributed by atoms with Crippen molar-refractivity contribution in [2.75, 3.05) is 0 Å². The molecule has 1 heterocycles. The van der Waals surface area contributed by atoms with Crippen molar-refractivity contribution < 1.29 is 0 Å². The number of hydrazine groups is 1. The lowest BCUT2D eigenvalue weighted by Crippen LogP contribution is -2.32. The van der Waals surface area contributed by atoms with Gasteiger partial charge in [-0.15, -0.1) is 0 Å². The first-order valence-electron chi connectivity index (χ1n) is 6.76. The van der Waals surface area contributed by atoms with Gasteiger partial charge in [0.05, 0.1) is 6.04 Å². The smallest absolute Gasteiger partial charge is 0.144 e. The average Bonchev–Trinajstić information content (AvgIpc) is 2.64. The minimum atomic E-state index is 0.402. The van der Waals surface area contributed by atoms with Crippen LogP contribution in [0.3, 0.4) is 0 Å². The lowest BCUT2D eigenvalue weighted by atomic mass is 10.1. The van der Waals surface area contributed by atoms with E-state index in [1.54, 1.807) is 0 Å². The number of pyridine rings is 1. The zero-order chi connectivity index (χ0) is 12.8. The van der Waals surface area contributed by atoms with E-state index in [9.17, 15) is 0 Å². The molecule has 0 unspecified atom stereocenters. The standard InChI is InChI=1S/C14H22N4/c1-11-8-12(10-16-9-11)14(18-15)17-13-6-4-2-3-5-7-13/h8-10,13H,2-7,15H2,1H3,(H,17,18). The summed E-state index contributed by atoms with van der Waals surface area (Å²) in [7, 11) is 0. The topological polar surface area (TPSA) is 63.3 Å². The summed E-state index contributed by atoms with van der Waals surface area (Å²) in [6, 6.07) is 2.46. The van der Waals surface area contributed by atoms with Gasteiger partial charge in [0, 0.05) is 18.0 Å². The monoisotopic (exact) mass is 246 g/mol. The SMILES string of the molecule is Cc1cncc(C(=NC2CCCCCC2)NN)c1. The molecule has 4 nitrogen and oxygen atoms in total. The maximum Gasteiger partial charge on any atom is 0.144 e. The minimum Gasteiger partial charge on any atom is -0.308 e. The number of amidine groups is 1. The molecule has 0 atom stereocenters. The van der Waals surface area contributed by atoms with Crippen molar-refractivity contribution in [1.29, 1.82) is 0 Å². The molecular weight excluding hydrogens is 224 g/mol. The molecule has 0 aromatic carbocycles. The van der Waals surface area contributed by atoms with Crippen LogP contribution in [-0.4, -0.2) is 16.9 Å². The fraction of sp³-hybridized carbons (Fsp3) is 0.571. The molecular formula is C14H22N4. The predicted octanol–water partition coefficient (Wildman–Crippen LogP) is 2.32. The Bertz CT molecular complexity index is 406. The number of hydrogen-bond donors (Lipinski definition) is 2. The maximum absolute atomic E-state index is 5.60. The second kappa shape index (κ2) is 6.50. The molecule has 0 spiro atoms. The molecule has 1 fully saturated rings. The third-order valence-corrected chi connectivity index (χ3v) is 3.42. The Balaban J connectivity index is 2.16. The number of nitrogens with two attached hydrogens (primary N) is 1. The van der Waals surface area contributed by atoms with Crippen LogP contribution >= 0.6 is 0 Å². The molecule has 1 saturated carbocycles. The molecule has 18 heavy (non-hydrogen) atoms. The highest BCUT2D eigenvalue weighted by atomic mass is 15.3. The van der Waals surface area contributed by atoms with E-state index < -0.39 is 0 Å². The van der Waals surface area contributed by atoms with Crippen molar-refractivity contribution in [1.82, 2.24) is 10.4 Å². The second-order valence-electron chi connectivity index (χ2n) is 5.02. The number of aryl methyl sites for hydroxylation is 1. The van der Waals surface area contributed by atoms with Crippen molar-refractivity contribution in [3.8, 4) is 0 Å². The van der Waals surface area contributed by atoms with Gasteiger partial charge in [0.1, 0.15) is 5.84 Å². The third-order valence-electron chi connectivity index (χ3n) is 3.42. The highest BCUT2D eigenvalue weighted by molar-refractivity contribution is 5.98. The van der Waals surface area contributed by atoms with Crippen molar-refractivity contribution in [3.05, 3.63) is 29.6 Å². The fourth-order valence-corrected chi connectivity index (χ4v) is 2.45. The summed E-state index contributed by atoms with van der Waals surface area (Å²) in [5.74, 6) is 6.36. The van der Waals surface area contributed by atoms with E-state index in [2.05, 4.69) is 16.5 Å². The summed E-state index contributed by atoms with van der Waals surface area (Å²) >= 11 is 0. The average molecular weight is 246 g/mol. The van der Waals surface area contributed by atoms with Gasteiger partial charge in [0.2, 0.25) is 0 Å². The van der Waals surface area contributed by atoms with Gasteiger partial charge in [0.15, 0.2) is 0 Å². The van der Waals surface area contributed by atoms with Gasteiger partial charge in [-0.1, -0.05) is 25.7 Å². The van der Waals surface area contributed by atoms with E-state index in [1.165, 1.54) is 38.5 Å². The van der Waals surface area contributed by atoms with E-state index in [0.29, 0.717) is 6.04 Å². The summed E-state index contributed by atoms with van der Waals surface area (Å²) in [5, 5.41) is 0. The molecule has 0 radical (unpaired) electrons. The molecule has 1 aromatic rings. The Kier molecular flexibility index (Phi) is 4.70. The van der Waals surface area contributed by atoms with Gasteiger partial charge in [-0.2, -0.15) is 0 Å². The van der Waals surface area contributed by atoms with Crippen LogP contribution in [-0.2, 0) is 0 Å². The number of aliphatic imine (C=N–C) groups is 1. The van der Waals surface area contributed by atoms with Crippen LogP contribution in [0.2, 0.25) is 0 Å². The highest BCUT2D eigenvalue weighted by Crippen LogP contribution is 2.20. The Morgan fingerprint density at radius 3 is 2.61 bits per heavy atom. The van der Waals surface area contributed by atoms with Crippen LogP contribution in [0.15, 0.2) is 23.5 Å². The van der Waals surface area contributed by atoms with Gasteiger partial charge < -0.3 is 5.43 Å². The van der Waals surface area contributed by atoms with E-state index in [-0.39, 0.29) is 0 Å². The first kappa shape index (κ1) is 13.0.